The molecule has 0 atom stereocenters. The number of aryl methyl sites for hydroxylation is 1. The van der Waals surface area contributed by atoms with Crippen molar-refractivity contribution in [1.82, 2.24) is 9.78 Å². The summed E-state index contributed by atoms with van der Waals surface area (Å²) in [7, 11) is 0. The molecule has 1 saturated carbocycles. The molecule has 0 N–H and O–H groups in total. The number of aromatic nitrogens is 2. The summed E-state index contributed by atoms with van der Waals surface area (Å²) in [5.74, 6) is 0.393. The van der Waals surface area contributed by atoms with E-state index in [1.807, 2.05) is 6.92 Å². The second-order valence-electron chi connectivity index (χ2n) is 4.39. The molecule has 0 saturated heterocycles. The first kappa shape index (κ1) is 12.3. The van der Waals surface area contributed by atoms with Gasteiger partial charge in [-0.15, -0.1) is 5.10 Å². The van der Waals surface area contributed by atoms with Crippen molar-refractivity contribution in [3.63, 3.8) is 0 Å². The lowest BCUT2D eigenvalue weighted by Gasteiger charge is -2.18. The van der Waals surface area contributed by atoms with E-state index < -0.39 is 11.6 Å². The predicted molar refractivity (Wildman–Crippen MR) is 55.7 cm³/mol. The Balaban J connectivity index is 1.80. The Morgan fingerprint density at radius 3 is 2.65 bits per heavy atom. The fraction of sp³-hybridized carbons (Fsp3) is 0.727. The largest absolute Gasteiger partial charge is 0.477 e. The zero-order chi connectivity index (χ0) is 12.5. The van der Waals surface area contributed by atoms with Gasteiger partial charge in [-0.3, -0.25) is 4.68 Å². The summed E-state index contributed by atoms with van der Waals surface area (Å²) in [5, 5.41) is 4.04. The summed E-state index contributed by atoms with van der Waals surface area (Å²) in [6.07, 6.45) is -1.88. The van der Waals surface area contributed by atoms with Crippen LogP contribution in [0, 0.1) is 5.41 Å². The fourth-order valence-electron chi connectivity index (χ4n) is 1.77. The van der Waals surface area contributed by atoms with Gasteiger partial charge in [-0.2, -0.15) is 13.2 Å². The van der Waals surface area contributed by atoms with Crippen LogP contribution in [0.25, 0.3) is 0 Å². The normalized spacial score (nSPS) is 18.1. The van der Waals surface area contributed by atoms with Crippen molar-refractivity contribution >= 4 is 0 Å². The number of ether oxygens (including phenoxy) is 1. The van der Waals surface area contributed by atoms with Gasteiger partial charge in [0.25, 0.3) is 0 Å². The molecule has 1 aromatic rings. The Bertz CT molecular complexity index is 382. The molecule has 2 rings (SSSR count). The van der Waals surface area contributed by atoms with E-state index in [2.05, 4.69) is 5.10 Å². The average Bonchev–Trinajstić information content (AvgIpc) is 2.91. The SMILES string of the molecule is CCn1ccc(OCCC2(C(F)(F)F)CC2)n1. The second kappa shape index (κ2) is 4.23. The van der Waals surface area contributed by atoms with Gasteiger partial charge in [0.2, 0.25) is 5.88 Å². The van der Waals surface area contributed by atoms with E-state index >= 15 is 0 Å². The van der Waals surface area contributed by atoms with E-state index in [1.165, 1.54) is 0 Å². The molecule has 6 heteroatoms. The van der Waals surface area contributed by atoms with Gasteiger partial charge in [-0.25, -0.2) is 0 Å². The number of hydrogen-bond acceptors (Lipinski definition) is 2. The van der Waals surface area contributed by atoms with E-state index in [1.54, 1.807) is 16.9 Å². The third kappa shape index (κ3) is 2.56. The Kier molecular flexibility index (Phi) is 3.05. The van der Waals surface area contributed by atoms with E-state index in [4.69, 9.17) is 4.74 Å². The van der Waals surface area contributed by atoms with E-state index in [9.17, 15) is 13.2 Å². The molecule has 1 aromatic heterocycles. The van der Waals surface area contributed by atoms with Gasteiger partial charge in [-0.05, 0) is 26.2 Å². The van der Waals surface area contributed by atoms with Crippen LogP contribution < -0.4 is 4.74 Å². The highest BCUT2D eigenvalue weighted by Crippen LogP contribution is 2.59. The van der Waals surface area contributed by atoms with Crippen molar-refractivity contribution in [2.24, 2.45) is 5.41 Å². The smallest absolute Gasteiger partial charge is 0.394 e. The van der Waals surface area contributed by atoms with Crippen LogP contribution in [0.3, 0.4) is 0 Å². The summed E-state index contributed by atoms with van der Waals surface area (Å²) in [6.45, 7) is 2.72. The summed E-state index contributed by atoms with van der Waals surface area (Å²) in [6, 6.07) is 1.66. The Labute approximate surface area is 97.6 Å². The molecular weight excluding hydrogens is 233 g/mol. The first-order valence-electron chi connectivity index (χ1n) is 5.70. The minimum absolute atomic E-state index is 0.0233. The molecule has 1 aliphatic carbocycles. The molecule has 3 nitrogen and oxygen atoms in total. The maximum atomic E-state index is 12.6. The molecule has 0 unspecified atom stereocenters. The fourth-order valence-corrected chi connectivity index (χ4v) is 1.77. The lowest BCUT2D eigenvalue weighted by Crippen LogP contribution is -2.26. The molecule has 96 valence electrons. The van der Waals surface area contributed by atoms with Crippen LogP contribution in [-0.2, 0) is 6.54 Å². The van der Waals surface area contributed by atoms with Crippen molar-refractivity contribution in [1.29, 1.82) is 0 Å². The minimum atomic E-state index is -4.10. The van der Waals surface area contributed by atoms with Crippen molar-refractivity contribution in [3.05, 3.63) is 12.3 Å². The molecular formula is C11H15F3N2O. The zero-order valence-corrected chi connectivity index (χ0v) is 9.63. The third-order valence-corrected chi connectivity index (χ3v) is 3.23. The van der Waals surface area contributed by atoms with Crippen molar-refractivity contribution < 1.29 is 17.9 Å². The van der Waals surface area contributed by atoms with Crippen LogP contribution in [0.2, 0.25) is 0 Å². The first-order chi connectivity index (χ1) is 7.97. The van der Waals surface area contributed by atoms with Crippen molar-refractivity contribution in [3.8, 4) is 5.88 Å². The topological polar surface area (TPSA) is 27.1 Å². The van der Waals surface area contributed by atoms with E-state index in [-0.39, 0.29) is 25.9 Å². The Morgan fingerprint density at radius 2 is 2.18 bits per heavy atom. The van der Waals surface area contributed by atoms with Crippen LogP contribution in [0.5, 0.6) is 5.88 Å². The first-order valence-corrected chi connectivity index (χ1v) is 5.70. The lowest BCUT2D eigenvalue weighted by molar-refractivity contribution is -0.190. The van der Waals surface area contributed by atoms with Crippen LogP contribution in [0.1, 0.15) is 26.2 Å². The molecule has 0 radical (unpaired) electrons. The Hall–Kier alpha value is -1.20. The number of rotatable bonds is 5. The van der Waals surface area contributed by atoms with E-state index in [0.29, 0.717) is 5.88 Å². The van der Waals surface area contributed by atoms with Gasteiger partial charge in [0.15, 0.2) is 0 Å². The molecule has 17 heavy (non-hydrogen) atoms. The predicted octanol–water partition coefficient (Wildman–Crippen LogP) is 3.01. The van der Waals surface area contributed by atoms with Gasteiger partial charge in [0, 0.05) is 18.8 Å². The number of hydrogen-bond donors (Lipinski definition) is 0. The molecule has 0 bridgehead atoms. The minimum Gasteiger partial charge on any atom is -0.477 e. The molecule has 0 aromatic carbocycles. The summed E-state index contributed by atoms with van der Waals surface area (Å²) in [4.78, 5) is 0. The maximum Gasteiger partial charge on any atom is 0.394 e. The molecule has 0 aliphatic heterocycles. The summed E-state index contributed by atoms with van der Waals surface area (Å²) < 4.78 is 44.7. The highest BCUT2D eigenvalue weighted by Gasteiger charge is 2.62. The number of halogens is 3. The van der Waals surface area contributed by atoms with E-state index in [0.717, 1.165) is 6.54 Å². The monoisotopic (exact) mass is 248 g/mol. The highest BCUT2D eigenvalue weighted by molar-refractivity contribution is 5.06. The van der Waals surface area contributed by atoms with Gasteiger partial charge in [-0.1, -0.05) is 0 Å². The third-order valence-electron chi connectivity index (χ3n) is 3.23. The average molecular weight is 248 g/mol. The molecule has 0 spiro atoms. The Morgan fingerprint density at radius 1 is 1.47 bits per heavy atom. The molecule has 0 amide bonds. The van der Waals surface area contributed by atoms with Crippen LogP contribution in [-0.4, -0.2) is 22.6 Å². The standard InChI is InChI=1S/C11H15F3N2O/c1-2-16-7-3-9(15-16)17-8-6-10(4-5-10)11(12,13)14/h3,7H,2,4-6,8H2,1H3. The molecule has 1 aliphatic rings. The van der Waals surface area contributed by atoms with Gasteiger partial charge < -0.3 is 4.74 Å². The summed E-state index contributed by atoms with van der Waals surface area (Å²) >= 11 is 0. The lowest BCUT2D eigenvalue weighted by atomic mass is 10.0. The van der Waals surface area contributed by atoms with Gasteiger partial charge in [0.1, 0.15) is 0 Å². The van der Waals surface area contributed by atoms with Gasteiger partial charge in [0.05, 0.1) is 12.0 Å². The second-order valence-corrected chi connectivity index (χ2v) is 4.39. The van der Waals surface area contributed by atoms with Crippen LogP contribution >= 0.6 is 0 Å². The number of alkyl halides is 3. The zero-order valence-electron chi connectivity index (χ0n) is 9.63. The van der Waals surface area contributed by atoms with Crippen LogP contribution in [0.15, 0.2) is 12.3 Å². The number of nitrogens with zero attached hydrogens (tertiary/aromatic N) is 2. The highest BCUT2D eigenvalue weighted by atomic mass is 19.4. The quantitative estimate of drug-likeness (QED) is 0.800. The van der Waals surface area contributed by atoms with Crippen molar-refractivity contribution in [2.45, 2.75) is 38.9 Å². The van der Waals surface area contributed by atoms with Crippen molar-refractivity contribution in [2.75, 3.05) is 6.61 Å². The molecule has 1 fully saturated rings. The maximum absolute atomic E-state index is 12.6. The summed E-state index contributed by atoms with van der Waals surface area (Å²) in [5.41, 5.74) is -1.49. The van der Waals surface area contributed by atoms with Crippen LogP contribution in [0.4, 0.5) is 13.2 Å². The van der Waals surface area contributed by atoms with Gasteiger partial charge >= 0.3 is 6.18 Å². The molecule has 1 heterocycles.